The van der Waals surface area contributed by atoms with Crippen LogP contribution in [0.4, 0.5) is 0 Å². The van der Waals surface area contributed by atoms with Gasteiger partial charge in [0.05, 0.1) is 30.6 Å². The average Bonchev–Trinajstić information content (AvgIpc) is 3.31. The third kappa shape index (κ3) is 3.21. The molecule has 1 aliphatic heterocycles. The topological polar surface area (TPSA) is 93.3 Å². The SMILES string of the molecule is O=C(NCc1nnn2c1CN(Cc1ccccc1)C(=O)C2)c1ccoc1. The summed E-state index contributed by atoms with van der Waals surface area (Å²) in [5.74, 6) is -0.242. The minimum absolute atomic E-state index is 0.000218. The first-order valence-corrected chi connectivity index (χ1v) is 8.24. The second kappa shape index (κ2) is 6.83. The van der Waals surface area contributed by atoms with Crippen molar-refractivity contribution in [2.75, 3.05) is 0 Å². The molecular weight excluding hydrogens is 334 g/mol. The molecule has 0 bridgehead atoms. The molecule has 0 aliphatic carbocycles. The van der Waals surface area contributed by atoms with Crippen molar-refractivity contribution in [3.63, 3.8) is 0 Å². The molecule has 0 radical (unpaired) electrons. The molecule has 0 saturated heterocycles. The monoisotopic (exact) mass is 351 g/mol. The lowest BCUT2D eigenvalue weighted by atomic mass is 10.1. The lowest BCUT2D eigenvalue weighted by Crippen LogP contribution is -2.39. The van der Waals surface area contributed by atoms with Gasteiger partial charge in [-0.05, 0) is 11.6 Å². The predicted octanol–water partition coefficient (Wildman–Crippen LogP) is 1.34. The summed E-state index contributed by atoms with van der Waals surface area (Å²) in [5.41, 5.74) is 3.02. The van der Waals surface area contributed by atoms with E-state index in [4.69, 9.17) is 4.42 Å². The number of aromatic nitrogens is 3. The fraction of sp³-hybridized carbons (Fsp3) is 0.222. The molecule has 3 heterocycles. The van der Waals surface area contributed by atoms with E-state index in [9.17, 15) is 9.59 Å². The highest BCUT2D eigenvalue weighted by Crippen LogP contribution is 2.18. The molecule has 8 nitrogen and oxygen atoms in total. The van der Waals surface area contributed by atoms with Crippen LogP contribution in [0, 0.1) is 0 Å². The number of furan rings is 1. The molecule has 3 aromatic rings. The first-order valence-electron chi connectivity index (χ1n) is 8.24. The standard InChI is InChI=1S/C18H17N5O3/c24-17-11-23-16(10-22(17)9-13-4-2-1-3-5-13)15(20-21-23)8-19-18(25)14-6-7-26-12-14/h1-7,12H,8-11H2,(H,19,25). The number of nitrogens with one attached hydrogen (secondary N) is 1. The van der Waals surface area contributed by atoms with E-state index in [-0.39, 0.29) is 24.9 Å². The molecule has 2 aromatic heterocycles. The maximum atomic E-state index is 12.3. The van der Waals surface area contributed by atoms with Crippen LogP contribution in [0.25, 0.3) is 0 Å². The number of hydrogen-bond donors (Lipinski definition) is 1. The molecule has 132 valence electrons. The van der Waals surface area contributed by atoms with Gasteiger partial charge in [0.1, 0.15) is 18.5 Å². The van der Waals surface area contributed by atoms with Crippen LogP contribution in [0.3, 0.4) is 0 Å². The van der Waals surface area contributed by atoms with E-state index in [0.29, 0.717) is 24.3 Å². The van der Waals surface area contributed by atoms with Crippen molar-refractivity contribution in [2.24, 2.45) is 0 Å². The normalized spacial score (nSPS) is 13.5. The number of nitrogens with zero attached hydrogens (tertiary/aromatic N) is 4. The molecule has 1 aromatic carbocycles. The molecule has 1 aliphatic rings. The van der Waals surface area contributed by atoms with Crippen LogP contribution in [0.5, 0.6) is 0 Å². The Kier molecular flexibility index (Phi) is 4.22. The Morgan fingerprint density at radius 3 is 2.81 bits per heavy atom. The van der Waals surface area contributed by atoms with E-state index in [0.717, 1.165) is 11.3 Å². The third-order valence-electron chi connectivity index (χ3n) is 4.31. The summed E-state index contributed by atoms with van der Waals surface area (Å²) in [6, 6.07) is 11.4. The highest BCUT2D eigenvalue weighted by atomic mass is 16.3. The minimum Gasteiger partial charge on any atom is -0.472 e. The summed E-state index contributed by atoms with van der Waals surface area (Å²) in [6.07, 6.45) is 2.83. The number of benzene rings is 1. The van der Waals surface area contributed by atoms with Crippen molar-refractivity contribution < 1.29 is 14.0 Å². The summed E-state index contributed by atoms with van der Waals surface area (Å²) in [7, 11) is 0. The van der Waals surface area contributed by atoms with Crippen LogP contribution >= 0.6 is 0 Å². The fourth-order valence-electron chi connectivity index (χ4n) is 2.91. The Morgan fingerprint density at radius 1 is 1.19 bits per heavy atom. The van der Waals surface area contributed by atoms with Gasteiger partial charge in [-0.1, -0.05) is 35.5 Å². The largest absolute Gasteiger partial charge is 0.472 e. The first kappa shape index (κ1) is 16.1. The van der Waals surface area contributed by atoms with E-state index in [1.807, 2.05) is 30.3 Å². The Morgan fingerprint density at radius 2 is 2.04 bits per heavy atom. The molecule has 1 N–H and O–H groups in total. The number of carbonyl (C=O) groups excluding carboxylic acids is 2. The van der Waals surface area contributed by atoms with Crippen molar-refractivity contribution >= 4 is 11.8 Å². The van der Waals surface area contributed by atoms with E-state index in [2.05, 4.69) is 15.6 Å². The fourth-order valence-corrected chi connectivity index (χ4v) is 2.91. The average molecular weight is 351 g/mol. The van der Waals surface area contributed by atoms with Gasteiger partial charge in [0.2, 0.25) is 5.91 Å². The van der Waals surface area contributed by atoms with Crippen LogP contribution < -0.4 is 5.32 Å². The zero-order valence-electron chi connectivity index (χ0n) is 14.0. The second-order valence-corrected chi connectivity index (χ2v) is 6.07. The number of amides is 2. The Balaban J connectivity index is 1.46. The van der Waals surface area contributed by atoms with Gasteiger partial charge in [0.15, 0.2) is 0 Å². The van der Waals surface area contributed by atoms with E-state index in [1.165, 1.54) is 12.5 Å². The van der Waals surface area contributed by atoms with Gasteiger partial charge in [-0.15, -0.1) is 5.10 Å². The minimum atomic E-state index is -0.242. The highest BCUT2D eigenvalue weighted by Gasteiger charge is 2.27. The third-order valence-corrected chi connectivity index (χ3v) is 4.31. The zero-order chi connectivity index (χ0) is 17.9. The molecule has 8 heteroatoms. The zero-order valence-corrected chi connectivity index (χ0v) is 14.0. The molecule has 2 amide bonds. The number of hydrogen-bond acceptors (Lipinski definition) is 5. The van der Waals surface area contributed by atoms with Crippen molar-refractivity contribution in [3.05, 3.63) is 71.4 Å². The Labute approximate surface area is 149 Å². The van der Waals surface area contributed by atoms with E-state index in [1.54, 1.807) is 15.6 Å². The molecule has 0 atom stereocenters. The van der Waals surface area contributed by atoms with Crippen molar-refractivity contribution in [1.29, 1.82) is 0 Å². The lowest BCUT2D eigenvalue weighted by Gasteiger charge is -2.27. The van der Waals surface area contributed by atoms with Crippen LogP contribution in [0.1, 0.15) is 27.3 Å². The van der Waals surface area contributed by atoms with Gasteiger partial charge in [0, 0.05) is 6.54 Å². The molecule has 4 rings (SSSR count). The van der Waals surface area contributed by atoms with Crippen LogP contribution in [-0.2, 0) is 31.0 Å². The lowest BCUT2D eigenvalue weighted by molar-refractivity contribution is -0.135. The second-order valence-electron chi connectivity index (χ2n) is 6.07. The molecule has 26 heavy (non-hydrogen) atoms. The van der Waals surface area contributed by atoms with Crippen LogP contribution in [-0.4, -0.2) is 31.7 Å². The van der Waals surface area contributed by atoms with Crippen LogP contribution in [0.2, 0.25) is 0 Å². The van der Waals surface area contributed by atoms with Gasteiger partial charge < -0.3 is 14.6 Å². The van der Waals surface area contributed by atoms with Crippen molar-refractivity contribution in [1.82, 2.24) is 25.2 Å². The predicted molar refractivity (Wildman–Crippen MR) is 90.6 cm³/mol. The van der Waals surface area contributed by atoms with Crippen molar-refractivity contribution in [2.45, 2.75) is 26.2 Å². The maximum Gasteiger partial charge on any atom is 0.254 e. The summed E-state index contributed by atoms with van der Waals surface area (Å²) in [4.78, 5) is 26.2. The van der Waals surface area contributed by atoms with Crippen LogP contribution in [0.15, 0.2) is 53.3 Å². The summed E-state index contributed by atoms with van der Waals surface area (Å²) >= 11 is 0. The van der Waals surface area contributed by atoms with Crippen molar-refractivity contribution in [3.8, 4) is 0 Å². The van der Waals surface area contributed by atoms with Gasteiger partial charge >= 0.3 is 0 Å². The van der Waals surface area contributed by atoms with E-state index < -0.39 is 0 Å². The molecule has 0 saturated carbocycles. The highest BCUT2D eigenvalue weighted by molar-refractivity contribution is 5.93. The Hall–Kier alpha value is -3.42. The van der Waals surface area contributed by atoms with Gasteiger partial charge in [-0.3, -0.25) is 9.59 Å². The molecular formula is C18H17N5O3. The quantitative estimate of drug-likeness (QED) is 0.749. The van der Waals surface area contributed by atoms with Gasteiger partial charge in [-0.2, -0.15) is 0 Å². The number of fused-ring (bicyclic) bond motifs is 1. The summed E-state index contributed by atoms with van der Waals surface area (Å²) < 4.78 is 6.51. The summed E-state index contributed by atoms with van der Waals surface area (Å²) in [6.45, 7) is 1.35. The summed E-state index contributed by atoms with van der Waals surface area (Å²) in [5, 5.41) is 11.0. The smallest absolute Gasteiger partial charge is 0.254 e. The van der Waals surface area contributed by atoms with E-state index >= 15 is 0 Å². The number of carbonyl (C=O) groups is 2. The van der Waals surface area contributed by atoms with Gasteiger partial charge in [-0.25, -0.2) is 4.68 Å². The first-order chi connectivity index (χ1) is 12.7. The maximum absolute atomic E-state index is 12.3. The molecule has 0 spiro atoms. The number of rotatable bonds is 5. The van der Waals surface area contributed by atoms with Gasteiger partial charge in [0.25, 0.3) is 5.91 Å². The molecule has 0 unspecified atom stereocenters. The Bertz CT molecular complexity index is 918. The molecule has 0 fully saturated rings.